The van der Waals surface area contributed by atoms with Gasteiger partial charge in [0.25, 0.3) is 5.56 Å². The summed E-state index contributed by atoms with van der Waals surface area (Å²) in [5.41, 5.74) is 0.467. The second-order valence-corrected chi connectivity index (χ2v) is 7.70. The van der Waals surface area contributed by atoms with Gasteiger partial charge < -0.3 is 24.6 Å². The quantitative estimate of drug-likeness (QED) is 0.345. The average molecular weight is 417 g/mol. The molecule has 0 saturated heterocycles. The fraction of sp³-hybridized carbons (Fsp3) is 0.450. The number of hydrogen-bond donors (Lipinski definition) is 4. The average Bonchev–Trinajstić information content (AvgIpc) is 3.03. The molecule has 30 heavy (non-hydrogen) atoms. The normalized spacial score (nSPS) is 12.5. The van der Waals surface area contributed by atoms with Gasteiger partial charge in [-0.3, -0.25) is 14.3 Å². The molecule has 0 aliphatic heterocycles. The molecule has 10 nitrogen and oxygen atoms in total. The third kappa shape index (κ3) is 4.89. The molecule has 3 rings (SSSR count). The molecule has 0 saturated carbocycles. The Hall–Kier alpha value is -3.11. The number of fused-ring (bicyclic) bond motifs is 1. The molecule has 0 bridgehead atoms. The van der Waals surface area contributed by atoms with Crippen LogP contribution in [0.3, 0.4) is 0 Å². The number of rotatable bonds is 9. The maximum Gasteiger partial charge on any atom is 0.329 e. The number of aliphatic hydroxyl groups is 1. The van der Waals surface area contributed by atoms with Crippen LogP contribution in [-0.2, 0) is 13.6 Å². The summed E-state index contributed by atoms with van der Waals surface area (Å²) < 4.78 is 8.57. The van der Waals surface area contributed by atoms with E-state index in [1.807, 2.05) is 45.3 Å². The van der Waals surface area contributed by atoms with Crippen LogP contribution in [0.1, 0.15) is 5.56 Å². The van der Waals surface area contributed by atoms with E-state index in [0.29, 0.717) is 18.2 Å². The number of aliphatic hydroxyl groups excluding tert-OH is 1. The molecule has 3 aromatic rings. The van der Waals surface area contributed by atoms with E-state index < -0.39 is 17.4 Å². The lowest BCUT2D eigenvalue weighted by Gasteiger charge is -2.16. The van der Waals surface area contributed by atoms with E-state index >= 15 is 0 Å². The lowest BCUT2D eigenvalue weighted by atomic mass is 10.2. The first kappa shape index (κ1) is 21.6. The van der Waals surface area contributed by atoms with E-state index in [1.165, 1.54) is 9.47 Å². The zero-order chi connectivity index (χ0) is 21.8. The number of likely N-dealkylation sites (N-methyl/N-ethyl adjacent to an activating group) is 1. The van der Waals surface area contributed by atoms with Crippen molar-refractivity contribution in [2.45, 2.75) is 19.6 Å². The van der Waals surface area contributed by atoms with Crippen molar-refractivity contribution in [3.63, 3.8) is 0 Å². The van der Waals surface area contributed by atoms with E-state index in [0.717, 1.165) is 12.1 Å². The summed E-state index contributed by atoms with van der Waals surface area (Å²) in [6, 6.07) is 7.56. The number of aryl methyl sites for hydroxylation is 2. The SMILES string of the molecule is Cc1cccc(OC[C@@H](O)Cn2c(NCC[NH+](C)C)nc3c2c(=O)[nH]c(=O)n3C)c1. The number of hydrogen-bond acceptors (Lipinski definition) is 6. The smallest absolute Gasteiger partial charge is 0.329 e. The lowest BCUT2D eigenvalue weighted by Crippen LogP contribution is -3.06. The standard InChI is InChI=1S/C20H28N6O4/c1-13-6-5-7-15(10-13)30-12-14(27)11-26-16-17(25(4)20(29)23-18(16)28)22-19(26)21-8-9-24(2)3/h5-7,10,14,27H,8-9,11-12H2,1-4H3,(H,21,22)(H,23,28,29)/p+1/t14-/m0/s1. The number of benzene rings is 1. The van der Waals surface area contributed by atoms with Crippen LogP contribution < -0.4 is 26.2 Å². The first-order chi connectivity index (χ1) is 14.3. The maximum atomic E-state index is 12.5. The Kier molecular flexibility index (Phi) is 6.58. The molecule has 1 atom stereocenters. The fourth-order valence-electron chi connectivity index (χ4n) is 3.13. The Labute approximate surface area is 173 Å². The molecule has 162 valence electrons. The van der Waals surface area contributed by atoms with Gasteiger partial charge in [-0.2, -0.15) is 4.98 Å². The highest BCUT2D eigenvalue weighted by Crippen LogP contribution is 2.17. The lowest BCUT2D eigenvalue weighted by molar-refractivity contribution is -0.856. The van der Waals surface area contributed by atoms with Crippen molar-refractivity contribution in [2.75, 3.05) is 39.1 Å². The van der Waals surface area contributed by atoms with Crippen LogP contribution in [-0.4, -0.2) is 64.1 Å². The van der Waals surface area contributed by atoms with Crippen molar-refractivity contribution >= 4 is 17.1 Å². The Balaban J connectivity index is 1.86. The molecule has 0 amide bonds. The number of H-pyrrole nitrogens is 1. The summed E-state index contributed by atoms with van der Waals surface area (Å²) in [5.74, 6) is 1.09. The van der Waals surface area contributed by atoms with Crippen molar-refractivity contribution < 1.29 is 14.7 Å². The summed E-state index contributed by atoms with van der Waals surface area (Å²) in [4.78, 5) is 32.4. The van der Waals surface area contributed by atoms with Gasteiger partial charge in [0.05, 0.1) is 33.7 Å². The number of quaternary nitrogens is 1. The number of aromatic nitrogens is 4. The molecular weight excluding hydrogens is 388 g/mol. The van der Waals surface area contributed by atoms with Gasteiger partial charge in [0.1, 0.15) is 18.5 Å². The molecule has 0 aliphatic carbocycles. The van der Waals surface area contributed by atoms with Crippen LogP contribution in [0.4, 0.5) is 5.95 Å². The molecule has 1 aromatic carbocycles. The van der Waals surface area contributed by atoms with Crippen LogP contribution in [0, 0.1) is 6.92 Å². The van der Waals surface area contributed by atoms with Gasteiger partial charge in [-0.15, -0.1) is 0 Å². The summed E-state index contributed by atoms with van der Waals surface area (Å²) in [6.45, 7) is 3.55. The Morgan fingerprint density at radius 3 is 2.80 bits per heavy atom. The Bertz CT molecular complexity index is 1130. The monoisotopic (exact) mass is 417 g/mol. The minimum absolute atomic E-state index is 0.0497. The highest BCUT2D eigenvalue weighted by Gasteiger charge is 2.20. The van der Waals surface area contributed by atoms with E-state index in [9.17, 15) is 14.7 Å². The maximum absolute atomic E-state index is 12.5. The number of imidazole rings is 1. The minimum atomic E-state index is -0.889. The number of nitrogens with one attached hydrogen (secondary N) is 3. The molecule has 4 N–H and O–H groups in total. The molecule has 0 unspecified atom stereocenters. The second-order valence-electron chi connectivity index (χ2n) is 7.70. The second kappa shape index (κ2) is 9.14. The Morgan fingerprint density at radius 2 is 2.10 bits per heavy atom. The third-order valence-electron chi connectivity index (χ3n) is 4.74. The van der Waals surface area contributed by atoms with E-state index in [-0.39, 0.29) is 24.3 Å². The predicted octanol–water partition coefficient (Wildman–Crippen LogP) is -1.27. The summed E-state index contributed by atoms with van der Waals surface area (Å²) in [7, 11) is 5.61. The zero-order valence-corrected chi connectivity index (χ0v) is 17.7. The predicted molar refractivity (Wildman–Crippen MR) is 114 cm³/mol. The van der Waals surface area contributed by atoms with Crippen LogP contribution in [0.2, 0.25) is 0 Å². The van der Waals surface area contributed by atoms with Crippen molar-refractivity contribution in [3.05, 3.63) is 50.7 Å². The largest absolute Gasteiger partial charge is 0.491 e. The summed E-state index contributed by atoms with van der Waals surface area (Å²) in [5, 5.41) is 13.8. The zero-order valence-electron chi connectivity index (χ0n) is 17.7. The first-order valence-electron chi connectivity index (χ1n) is 9.86. The van der Waals surface area contributed by atoms with Crippen molar-refractivity contribution in [2.24, 2.45) is 7.05 Å². The first-order valence-corrected chi connectivity index (χ1v) is 9.86. The fourth-order valence-corrected chi connectivity index (χ4v) is 3.13. The van der Waals surface area contributed by atoms with Gasteiger partial charge in [-0.05, 0) is 24.6 Å². The molecule has 2 heterocycles. The molecule has 0 aliphatic rings. The number of aromatic amines is 1. The van der Waals surface area contributed by atoms with Crippen molar-refractivity contribution in [1.82, 2.24) is 19.1 Å². The molecule has 0 fully saturated rings. The van der Waals surface area contributed by atoms with Crippen molar-refractivity contribution in [3.8, 4) is 5.75 Å². The van der Waals surface area contributed by atoms with Crippen LogP contribution in [0.15, 0.2) is 33.9 Å². The molecule has 10 heteroatoms. The van der Waals surface area contributed by atoms with Gasteiger partial charge in [0.15, 0.2) is 11.2 Å². The summed E-state index contributed by atoms with van der Waals surface area (Å²) >= 11 is 0. The van der Waals surface area contributed by atoms with E-state index in [2.05, 4.69) is 15.3 Å². The van der Waals surface area contributed by atoms with E-state index in [4.69, 9.17) is 4.74 Å². The molecule has 2 aromatic heterocycles. The number of nitrogens with zero attached hydrogens (tertiary/aromatic N) is 3. The van der Waals surface area contributed by atoms with E-state index in [1.54, 1.807) is 11.6 Å². The van der Waals surface area contributed by atoms with Gasteiger partial charge in [0, 0.05) is 7.05 Å². The molecular formula is C20H29N6O4+. The highest BCUT2D eigenvalue weighted by atomic mass is 16.5. The molecule has 0 spiro atoms. The minimum Gasteiger partial charge on any atom is -0.491 e. The summed E-state index contributed by atoms with van der Waals surface area (Å²) in [6.07, 6.45) is -0.889. The number of anilines is 1. The highest BCUT2D eigenvalue weighted by molar-refractivity contribution is 5.74. The topological polar surface area (TPSA) is 119 Å². The van der Waals surface area contributed by atoms with Crippen LogP contribution in [0.25, 0.3) is 11.2 Å². The van der Waals surface area contributed by atoms with Crippen LogP contribution >= 0.6 is 0 Å². The van der Waals surface area contributed by atoms with Gasteiger partial charge in [-0.1, -0.05) is 12.1 Å². The van der Waals surface area contributed by atoms with Gasteiger partial charge >= 0.3 is 5.69 Å². The Morgan fingerprint density at radius 1 is 1.33 bits per heavy atom. The molecule has 0 radical (unpaired) electrons. The van der Waals surface area contributed by atoms with Gasteiger partial charge in [-0.25, -0.2) is 4.79 Å². The van der Waals surface area contributed by atoms with Gasteiger partial charge in [0.2, 0.25) is 5.95 Å². The number of ether oxygens (including phenoxy) is 1. The van der Waals surface area contributed by atoms with Crippen molar-refractivity contribution in [1.29, 1.82) is 0 Å². The van der Waals surface area contributed by atoms with Crippen LogP contribution in [0.5, 0.6) is 5.75 Å². The third-order valence-corrected chi connectivity index (χ3v) is 4.74.